The lowest BCUT2D eigenvalue weighted by Crippen LogP contribution is -2.30. The Morgan fingerprint density at radius 3 is 1.82 bits per heavy atom. The molecule has 2 unspecified atom stereocenters. The summed E-state index contributed by atoms with van der Waals surface area (Å²) in [6, 6.07) is 0. The second-order valence-electron chi connectivity index (χ2n) is 2.92. The van der Waals surface area contributed by atoms with Gasteiger partial charge in [0.15, 0.2) is 0 Å². The Bertz CT molecular complexity index is 209. The topological polar surface area (TPSA) is 53.0 Å². The van der Waals surface area contributed by atoms with Crippen molar-refractivity contribution in [1.29, 1.82) is 0 Å². The van der Waals surface area contributed by atoms with Crippen LogP contribution in [0.2, 0.25) is 0 Å². The maximum Gasteiger partial charge on any atom is 0.146 e. The van der Waals surface area contributed by atoms with Gasteiger partial charge >= 0.3 is 0 Å². The van der Waals surface area contributed by atoms with Gasteiger partial charge in [-0.3, -0.25) is 0 Å². The lowest BCUT2D eigenvalue weighted by molar-refractivity contribution is 0.187. The van der Waals surface area contributed by atoms with Crippen molar-refractivity contribution < 1.29 is 14.9 Å². The fourth-order valence-electron chi connectivity index (χ4n) is 1.51. The summed E-state index contributed by atoms with van der Waals surface area (Å²) >= 11 is 0. The number of hydrogen-bond donors (Lipinski definition) is 2. The zero-order valence-corrected chi connectivity index (χ0v) is 6.03. The van der Waals surface area contributed by atoms with Gasteiger partial charge in [0.25, 0.3) is 0 Å². The molecule has 1 aliphatic heterocycles. The first kappa shape index (κ1) is 7.03. The van der Waals surface area contributed by atoms with Gasteiger partial charge in [-0.15, -0.1) is 0 Å². The molecule has 0 radical (unpaired) electrons. The van der Waals surface area contributed by atoms with E-state index >= 15 is 0 Å². The first-order valence-corrected chi connectivity index (χ1v) is 3.58. The van der Waals surface area contributed by atoms with Crippen LogP contribution in [-0.4, -0.2) is 34.6 Å². The fourth-order valence-corrected chi connectivity index (χ4v) is 1.51. The summed E-state index contributed by atoms with van der Waals surface area (Å²) in [5, 5.41) is 17.9. The molecule has 0 aromatic heterocycles. The minimum atomic E-state index is -0.628. The van der Waals surface area contributed by atoms with Crippen LogP contribution in [-0.2, 0) is 4.74 Å². The smallest absolute Gasteiger partial charge is 0.146 e. The monoisotopic (exact) mass is 154 g/mol. The summed E-state index contributed by atoms with van der Waals surface area (Å²) in [7, 11) is 0. The van der Waals surface area contributed by atoms with Crippen LogP contribution in [0.1, 0.15) is 0 Å². The van der Waals surface area contributed by atoms with Crippen LogP contribution in [0.4, 0.5) is 0 Å². The minimum absolute atomic E-state index is 0.0750. The molecule has 1 heterocycles. The molecular weight excluding hydrogens is 144 g/mol. The standard InChI is InChI=1S/C8H10O3/c9-5-7-3-1-2-4-8(7,6-10)11-7/h1-4,9-10H,5-6H2. The van der Waals surface area contributed by atoms with E-state index in [-0.39, 0.29) is 13.2 Å². The van der Waals surface area contributed by atoms with Crippen molar-refractivity contribution >= 4 is 0 Å². The molecule has 3 heteroatoms. The summed E-state index contributed by atoms with van der Waals surface area (Å²) < 4.78 is 5.28. The second kappa shape index (κ2) is 1.94. The van der Waals surface area contributed by atoms with E-state index in [1.165, 1.54) is 0 Å². The molecule has 0 amide bonds. The largest absolute Gasteiger partial charge is 0.393 e. The zero-order valence-electron chi connectivity index (χ0n) is 6.03. The van der Waals surface area contributed by atoms with Gasteiger partial charge in [0.05, 0.1) is 13.2 Å². The number of fused-ring (bicyclic) bond motifs is 1. The van der Waals surface area contributed by atoms with E-state index in [0.29, 0.717) is 0 Å². The number of allylic oxidation sites excluding steroid dienone is 2. The Balaban J connectivity index is 2.29. The summed E-state index contributed by atoms with van der Waals surface area (Å²) in [5.74, 6) is 0. The molecular formula is C8H10O3. The van der Waals surface area contributed by atoms with E-state index in [1.54, 1.807) is 12.2 Å². The molecule has 2 atom stereocenters. The molecule has 11 heavy (non-hydrogen) atoms. The van der Waals surface area contributed by atoms with Crippen LogP contribution >= 0.6 is 0 Å². The van der Waals surface area contributed by atoms with Gasteiger partial charge in [-0.1, -0.05) is 12.2 Å². The first-order valence-electron chi connectivity index (χ1n) is 3.58. The second-order valence-corrected chi connectivity index (χ2v) is 2.92. The average Bonchev–Trinajstić information content (AvgIpc) is 2.75. The van der Waals surface area contributed by atoms with Gasteiger partial charge in [0.2, 0.25) is 0 Å². The van der Waals surface area contributed by atoms with Crippen LogP contribution < -0.4 is 0 Å². The highest BCUT2D eigenvalue weighted by molar-refractivity contribution is 5.39. The lowest BCUT2D eigenvalue weighted by atomic mass is 9.90. The predicted molar refractivity (Wildman–Crippen MR) is 39.0 cm³/mol. The zero-order chi connectivity index (χ0) is 7.95. The highest BCUT2D eigenvalue weighted by atomic mass is 16.6. The van der Waals surface area contributed by atoms with Crippen molar-refractivity contribution in [3.8, 4) is 0 Å². The lowest BCUT2D eigenvalue weighted by Gasteiger charge is -2.11. The van der Waals surface area contributed by atoms with Crippen LogP contribution in [0, 0.1) is 0 Å². The van der Waals surface area contributed by atoms with Gasteiger partial charge < -0.3 is 14.9 Å². The molecule has 0 aromatic rings. The van der Waals surface area contributed by atoms with Gasteiger partial charge in [-0.25, -0.2) is 0 Å². The van der Waals surface area contributed by atoms with E-state index in [1.807, 2.05) is 12.2 Å². The number of rotatable bonds is 2. The number of aliphatic hydroxyl groups excluding tert-OH is 2. The van der Waals surface area contributed by atoms with Gasteiger partial charge in [0.1, 0.15) is 11.2 Å². The van der Waals surface area contributed by atoms with Crippen molar-refractivity contribution in [3.63, 3.8) is 0 Å². The highest BCUT2D eigenvalue weighted by Crippen LogP contribution is 2.51. The van der Waals surface area contributed by atoms with Crippen molar-refractivity contribution in [2.24, 2.45) is 0 Å². The summed E-state index contributed by atoms with van der Waals surface area (Å²) in [6.07, 6.45) is 7.20. The molecule has 0 bridgehead atoms. The van der Waals surface area contributed by atoms with Crippen molar-refractivity contribution in [3.05, 3.63) is 24.3 Å². The average molecular weight is 154 g/mol. The van der Waals surface area contributed by atoms with E-state index in [0.717, 1.165) is 0 Å². The van der Waals surface area contributed by atoms with Crippen molar-refractivity contribution in [2.45, 2.75) is 11.2 Å². The first-order chi connectivity index (χ1) is 5.29. The predicted octanol–water partition coefficient (Wildman–Crippen LogP) is -0.395. The van der Waals surface area contributed by atoms with Crippen LogP contribution in [0.15, 0.2) is 24.3 Å². The number of ether oxygens (including phenoxy) is 1. The molecule has 1 fully saturated rings. The number of aliphatic hydroxyl groups is 2. The Labute approximate surface area is 64.6 Å². The molecule has 2 rings (SSSR count). The molecule has 2 N–H and O–H groups in total. The third kappa shape index (κ3) is 0.677. The van der Waals surface area contributed by atoms with Crippen molar-refractivity contribution in [1.82, 2.24) is 0 Å². The molecule has 0 spiro atoms. The van der Waals surface area contributed by atoms with Crippen LogP contribution in [0.5, 0.6) is 0 Å². The Hall–Kier alpha value is -0.640. The Morgan fingerprint density at radius 2 is 1.45 bits per heavy atom. The quantitative estimate of drug-likeness (QED) is 0.532. The minimum Gasteiger partial charge on any atom is -0.393 e. The third-order valence-corrected chi connectivity index (χ3v) is 2.35. The molecule has 60 valence electrons. The van der Waals surface area contributed by atoms with Gasteiger partial charge in [0, 0.05) is 0 Å². The Kier molecular flexibility index (Phi) is 1.24. The third-order valence-electron chi connectivity index (χ3n) is 2.35. The highest BCUT2D eigenvalue weighted by Gasteiger charge is 2.67. The summed E-state index contributed by atoms with van der Waals surface area (Å²) in [6.45, 7) is -0.150. The van der Waals surface area contributed by atoms with E-state index < -0.39 is 11.2 Å². The maximum atomic E-state index is 8.97. The molecule has 2 aliphatic rings. The molecule has 0 saturated carbocycles. The molecule has 1 saturated heterocycles. The maximum absolute atomic E-state index is 8.97. The Morgan fingerprint density at radius 1 is 1.00 bits per heavy atom. The SMILES string of the molecule is OCC12C=CC=CC1(CO)O2. The number of hydrogen-bond acceptors (Lipinski definition) is 3. The van der Waals surface area contributed by atoms with Crippen LogP contribution in [0.25, 0.3) is 0 Å². The van der Waals surface area contributed by atoms with E-state index in [2.05, 4.69) is 0 Å². The van der Waals surface area contributed by atoms with E-state index in [9.17, 15) is 0 Å². The number of epoxide rings is 1. The van der Waals surface area contributed by atoms with Crippen LogP contribution in [0.3, 0.4) is 0 Å². The van der Waals surface area contributed by atoms with Gasteiger partial charge in [-0.05, 0) is 12.2 Å². The normalized spacial score (nSPS) is 45.6. The van der Waals surface area contributed by atoms with Crippen molar-refractivity contribution in [2.75, 3.05) is 13.2 Å². The van der Waals surface area contributed by atoms with Gasteiger partial charge in [-0.2, -0.15) is 0 Å². The fraction of sp³-hybridized carbons (Fsp3) is 0.500. The summed E-state index contributed by atoms with van der Waals surface area (Å²) in [5.41, 5.74) is -1.26. The summed E-state index contributed by atoms with van der Waals surface area (Å²) in [4.78, 5) is 0. The van der Waals surface area contributed by atoms with E-state index in [4.69, 9.17) is 14.9 Å². The molecule has 1 aliphatic carbocycles. The molecule has 3 nitrogen and oxygen atoms in total. The molecule has 0 aromatic carbocycles.